The number of likely N-dealkylation sites (tertiary alicyclic amines) is 1. The summed E-state index contributed by atoms with van der Waals surface area (Å²) in [5, 5.41) is 10.9. The molecule has 0 bridgehead atoms. The second-order valence-electron chi connectivity index (χ2n) is 5.41. The van der Waals surface area contributed by atoms with Crippen molar-refractivity contribution >= 4 is 11.9 Å². The third kappa shape index (κ3) is 5.49. The summed E-state index contributed by atoms with van der Waals surface area (Å²) in [7, 11) is 0. The molecule has 0 aromatic heterocycles. The Labute approximate surface area is 109 Å². The molecule has 0 aromatic carbocycles. The van der Waals surface area contributed by atoms with Gasteiger partial charge in [-0.05, 0) is 38.1 Å². The molecule has 5 nitrogen and oxygen atoms in total. The molecule has 0 radical (unpaired) electrons. The number of carbonyl (C=O) groups is 2. The lowest BCUT2D eigenvalue weighted by Gasteiger charge is -2.24. The number of carboxylic acids is 1. The Morgan fingerprint density at radius 3 is 2.78 bits per heavy atom. The van der Waals surface area contributed by atoms with Crippen molar-refractivity contribution in [3.05, 3.63) is 0 Å². The van der Waals surface area contributed by atoms with Gasteiger partial charge < -0.3 is 10.4 Å². The molecule has 1 atom stereocenters. The van der Waals surface area contributed by atoms with Crippen molar-refractivity contribution in [1.82, 2.24) is 10.2 Å². The van der Waals surface area contributed by atoms with E-state index in [1.54, 1.807) is 0 Å². The van der Waals surface area contributed by atoms with Crippen LogP contribution in [0, 0.1) is 5.92 Å². The van der Waals surface area contributed by atoms with E-state index in [4.69, 9.17) is 5.11 Å². The van der Waals surface area contributed by atoms with Gasteiger partial charge >= 0.3 is 5.97 Å². The molecule has 18 heavy (non-hydrogen) atoms. The number of hydrogen-bond donors (Lipinski definition) is 2. The Balaban J connectivity index is 2.30. The van der Waals surface area contributed by atoms with Crippen LogP contribution in [0.4, 0.5) is 0 Å². The third-order valence-corrected chi connectivity index (χ3v) is 3.36. The zero-order valence-corrected chi connectivity index (χ0v) is 11.3. The first kappa shape index (κ1) is 15.0. The van der Waals surface area contributed by atoms with Gasteiger partial charge in [-0.1, -0.05) is 13.8 Å². The van der Waals surface area contributed by atoms with Gasteiger partial charge in [-0.25, -0.2) is 0 Å². The predicted octanol–water partition coefficient (Wildman–Crippen LogP) is 1.09. The molecule has 1 heterocycles. The zero-order valence-electron chi connectivity index (χ0n) is 11.3. The van der Waals surface area contributed by atoms with Gasteiger partial charge in [0, 0.05) is 6.04 Å². The van der Waals surface area contributed by atoms with Gasteiger partial charge in [0.1, 0.15) is 6.54 Å². The molecular weight excluding hydrogens is 232 g/mol. The van der Waals surface area contributed by atoms with Crippen molar-refractivity contribution < 1.29 is 14.7 Å². The van der Waals surface area contributed by atoms with E-state index in [0.29, 0.717) is 18.5 Å². The zero-order chi connectivity index (χ0) is 13.5. The van der Waals surface area contributed by atoms with Gasteiger partial charge in [-0.3, -0.25) is 14.5 Å². The second kappa shape index (κ2) is 7.36. The molecule has 1 aliphatic heterocycles. The van der Waals surface area contributed by atoms with Crippen LogP contribution < -0.4 is 5.32 Å². The third-order valence-electron chi connectivity index (χ3n) is 3.36. The van der Waals surface area contributed by atoms with Crippen molar-refractivity contribution in [2.45, 2.75) is 45.6 Å². The van der Waals surface area contributed by atoms with E-state index in [9.17, 15) is 9.59 Å². The average molecular weight is 256 g/mol. The monoisotopic (exact) mass is 256 g/mol. The summed E-state index contributed by atoms with van der Waals surface area (Å²) in [5.74, 6) is -0.497. The molecule has 1 fully saturated rings. The molecule has 5 heteroatoms. The summed E-state index contributed by atoms with van der Waals surface area (Å²) >= 11 is 0. The standard InChI is InChI=1S/C13H24N2O3/c1-10(2)5-6-11-4-3-7-15(11)9-12(16)14-8-13(17)18/h10-11H,3-9H2,1-2H3,(H,14,16)(H,17,18). The Morgan fingerprint density at radius 2 is 2.17 bits per heavy atom. The van der Waals surface area contributed by atoms with E-state index in [1.807, 2.05) is 0 Å². The van der Waals surface area contributed by atoms with Crippen LogP contribution in [0.2, 0.25) is 0 Å². The van der Waals surface area contributed by atoms with Crippen LogP contribution in [-0.2, 0) is 9.59 Å². The van der Waals surface area contributed by atoms with Crippen LogP contribution >= 0.6 is 0 Å². The molecule has 104 valence electrons. The van der Waals surface area contributed by atoms with Crippen LogP contribution in [0.15, 0.2) is 0 Å². The second-order valence-corrected chi connectivity index (χ2v) is 5.41. The lowest BCUT2D eigenvalue weighted by molar-refractivity contribution is -0.138. The van der Waals surface area contributed by atoms with Gasteiger partial charge in [0.05, 0.1) is 6.54 Å². The highest BCUT2D eigenvalue weighted by atomic mass is 16.4. The number of carbonyl (C=O) groups excluding carboxylic acids is 1. The summed E-state index contributed by atoms with van der Waals surface area (Å²) in [5.41, 5.74) is 0. The van der Waals surface area contributed by atoms with Crippen molar-refractivity contribution in [2.24, 2.45) is 5.92 Å². The highest BCUT2D eigenvalue weighted by Crippen LogP contribution is 2.22. The minimum absolute atomic E-state index is 0.186. The van der Waals surface area contributed by atoms with Crippen LogP contribution in [0.3, 0.4) is 0 Å². The average Bonchev–Trinajstić information content (AvgIpc) is 2.71. The van der Waals surface area contributed by atoms with E-state index in [1.165, 1.54) is 6.42 Å². The molecule has 0 aliphatic carbocycles. The first-order chi connectivity index (χ1) is 8.49. The van der Waals surface area contributed by atoms with Gasteiger partial charge in [0.2, 0.25) is 5.91 Å². The fourth-order valence-electron chi connectivity index (χ4n) is 2.37. The normalized spacial score (nSPS) is 20.3. The lowest BCUT2D eigenvalue weighted by atomic mass is 10.0. The number of aliphatic carboxylic acids is 1. The Bertz CT molecular complexity index is 292. The first-order valence-corrected chi connectivity index (χ1v) is 6.71. The Kier molecular flexibility index (Phi) is 6.12. The maximum absolute atomic E-state index is 11.6. The molecule has 0 saturated carbocycles. The smallest absolute Gasteiger partial charge is 0.322 e. The van der Waals surface area contributed by atoms with E-state index >= 15 is 0 Å². The number of carboxylic acid groups (broad SMARTS) is 1. The van der Waals surface area contributed by atoms with Crippen molar-refractivity contribution in [3.8, 4) is 0 Å². The number of amides is 1. The van der Waals surface area contributed by atoms with Crippen molar-refractivity contribution in [2.75, 3.05) is 19.6 Å². The summed E-state index contributed by atoms with van der Waals surface area (Å²) < 4.78 is 0. The molecule has 0 aromatic rings. The Hall–Kier alpha value is -1.10. The molecule has 1 unspecified atom stereocenters. The van der Waals surface area contributed by atoms with Gasteiger partial charge in [0.25, 0.3) is 0 Å². The number of rotatable bonds is 7. The SMILES string of the molecule is CC(C)CCC1CCCN1CC(=O)NCC(=O)O. The summed E-state index contributed by atoms with van der Waals surface area (Å²) in [4.78, 5) is 24.1. The van der Waals surface area contributed by atoms with Crippen molar-refractivity contribution in [3.63, 3.8) is 0 Å². The quantitative estimate of drug-likeness (QED) is 0.715. The van der Waals surface area contributed by atoms with E-state index in [0.717, 1.165) is 25.8 Å². The summed E-state index contributed by atoms with van der Waals surface area (Å²) in [6.07, 6.45) is 4.59. The maximum Gasteiger partial charge on any atom is 0.322 e. The number of nitrogens with zero attached hydrogens (tertiary/aromatic N) is 1. The molecule has 2 N–H and O–H groups in total. The fraction of sp³-hybridized carbons (Fsp3) is 0.846. The minimum Gasteiger partial charge on any atom is -0.480 e. The highest BCUT2D eigenvalue weighted by Gasteiger charge is 2.25. The van der Waals surface area contributed by atoms with E-state index in [2.05, 4.69) is 24.1 Å². The summed E-state index contributed by atoms with van der Waals surface area (Å²) in [6, 6.07) is 0.489. The lowest BCUT2D eigenvalue weighted by Crippen LogP contribution is -2.41. The first-order valence-electron chi connectivity index (χ1n) is 6.71. The molecule has 1 amide bonds. The summed E-state index contributed by atoms with van der Waals surface area (Å²) in [6.45, 7) is 5.40. The molecule has 1 aliphatic rings. The van der Waals surface area contributed by atoms with Gasteiger partial charge in [0.15, 0.2) is 0 Å². The van der Waals surface area contributed by atoms with Gasteiger partial charge in [-0.15, -0.1) is 0 Å². The minimum atomic E-state index is -0.999. The number of hydrogen-bond acceptors (Lipinski definition) is 3. The van der Waals surface area contributed by atoms with E-state index in [-0.39, 0.29) is 12.5 Å². The van der Waals surface area contributed by atoms with Crippen LogP contribution in [0.1, 0.15) is 39.5 Å². The van der Waals surface area contributed by atoms with Gasteiger partial charge in [-0.2, -0.15) is 0 Å². The number of nitrogens with one attached hydrogen (secondary N) is 1. The fourth-order valence-corrected chi connectivity index (χ4v) is 2.37. The molecule has 1 rings (SSSR count). The van der Waals surface area contributed by atoms with Crippen molar-refractivity contribution in [1.29, 1.82) is 0 Å². The van der Waals surface area contributed by atoms with Crippen LogP contribution in [-0.4, -0.2) is 47.6 Å². The topological polar surface area (TPSA) is 69.6 Å². The molecular formula is C13H24N2O3. The Morgan fingerprint density at radius 1 is 1.44 bits per heavy atom. The predicted molar refractivity (Wildman–Crippen MR) is 69.3 cm³/mol. The maximum atomic E-state index is 11.6. The largest absolute Gasteiger partial charge is 0.480 e. The molecule has 1 saturated heterocycles. The highest BCUT2D eigenvalue weighted by molar-refractivity contribution is 5.82. The van der Waals surface area contributed by atoms with Crippen LogP contribution in [0.5, 0.6) is 0 Å². The van der Waals surface area contributed by atoms with E-state index < -0.39 is 5.97 Å². The van der Waals surface area contributed by atoms with Crippen LogP contribution in [0.25, 0.3) is 0 Å². The molecule has 0 spiro atoms.